The average molecular weight is 738 g/mol. The summed E-state index contributed by atoms with van der Waals surface area (Å²) in [4.78, 5) is 2.68. The molecule has 2 spiro atoms. The van der Waals surface area contributed by atoms with Crippen molar-refractivity contribution in [3.63, 3.8) is 0 Å². The van der Waals surface area contributed by atoms with E-state index < -0.39 is 0 Å². The van der Waals surface area contributed by atoms with Gasteiger partial charge < -0.3 is 4.90 Å². The highest BCUT2D eigenvalue weighted by atomic mass is 15.1. The first-order chi connectivity index (χ1) is 28.2. The number of rotatable bonds is 4. The summed E-state index contributed by atoms with van der Waals surface area (Å²) >= 11 is 0. The number of nitrogens with zero attached hydrogens (tertiary/aromatic N) is 1. The van der Waals surface area contributed by atoms with Crippen molar-refractivity contribution in [2.45, 2.75) is 82.0 Å². The van der Waals surface area contributed by atoms with Crippen LogP contribution in [0.1, 0.15) is 93.4 Å². The van der Waals surface area contributed by atoms with Gasteiger partial charge in [-0.2, -0.15) is 0 Å². The molecular weight excluding hydrogens is 687 g/mol. The lowest BCUT2D eigenvalue weighted by Gasteiger charge is -2.55. The van der Waals surface area contributed by atoms with Crippen LogP contribution in [0.2, 0.25) is 0 Å². The van der Waals surface area contributed by atoms with Gasteiger partial charge >= 0.3 is 0 Å². The fraction of sp³-hybridized carbons (Fsp3) is 0.321. The van der Waals surface area contributed by atoms with Crippen LogP contribution in [-0.4, -0.2) is 0 Å². The normalized spacial score (nSPS) is 28.5. The molecule has 4 fully saturated rings. The third kappa shape index (κ3) is 4.26. The predicted octanol–water partition coefficient (Wildman–Crippen LogP) is 15.1. The van der Waals surface area contributed by atoms with Gasteiger partial charge in [-0.1, -0.05) is 135 Å². The quantitative estimate of drug-likeness (QED) is 0.163. The molecule has 1 heteroatoms. The van der Waals surface area contributed by atoms with E-state index in [-0.39, 0.29) is 10.8 Å². The Morgan fingerprint density at radius 1 is 0.526 bits per heavy atom. The van der Waals surface area contributed by atoms with E-state index in [4.69, 9.17) is 0 Å². The molecule has 5 atom stereocenters. The summed E-state index contributed by atoms with van der Waals surface area (Å²) in [5.41, 5.74) is 16.4. The maximum absolute atomic E-state index is 2.68. The fourth-order valence-electron chi connectivity index (χ4n) is 14.8. The second-order valence-electron chi connectivity index (χ2n) is 19.0. The Morgan fingerprint density at radius 3 is 2.05 bits per heavy atom. The van der Waals surface area contributed by atoms with E-state index in [1.54, 1.807) is 22.3 Å². The third-order valence-electron chi connectivity index (χ3n) is 16.9. The fourth-order valence-corrected chi connectivity index (χ4v) is 14.8. The van der Waals surface area contributed by atoms with Crippen molar-refractivity contribution < 1.29 is 0 Å². The Hall–Kier alpha value is -5.14. The molecule has 6 aliphatic carbocycles. The number of hydrogen-bond donors (Lipinski definition) is 0. The summed E-state index contributed by atoms with van der Waals surface area (Å²) in [6.07, 6.45) is 13.6. The van der Waals surface area contributed by atoms with Gasteiger partial charge in [0, 0.05) is 27.8 Å². The van der Waals surface area contributed by atoms with Crippen LogP contribution >= 0.6 is 0 Å². The molecule has 0 aromatic heterocycles. The van der Waals surface area contributed by atoms with Crippen LogP contribution in [0.15, 0.2) is 140 Å². The van der Waals surface area contributed by atoms with Gasteiger partial charge in [0.25, 0.3) is 0 Å². The Labute approximate surface area is 337 Å². The molecule has 0 N–H and O–H groups in total. The van der Waals surface area contributed by atoms with Crippen LogP contribution in [0, 0.1) is 29.6 Å². The second kappa shape index (κ2) is 12.0. The molecule has 280 valence electrons. The van der Waals surface area contributed by atoms with Gasteiger partial charge in [-0.25, -0.2) is 0 Å². The van der Waals surface area contributed by atoms with E-state index in [2.05, 4.69) is 151 Å². The molecule has 7 aromatic rings. The van der Waals surface area contributed by atoms with Crippen LogP contribution in [0.3, 0.4) is 0 Å². The van der Waals surface area contributed by atoms with E-state index in [0.717, 1.165) is 17.8 Å². The molecule has 0 radical (unpaired) electrons. The lowest BCUT2D eigenvalue weighted by Crippen LogP contribution is -2.49. The van der Waals surface area contributed by atoms with E-state index >= 15 is 0 Å². The van der Waals surface area contributed by atoms with Crippen molar-refractivity contribution in [3.05, 3.63) is 162 Å². The number of benzene rings is 7. The maximum Gasteiger partial charge on any atom is 0.0543 e. The largest absolute Gasteiger partial charge is 0.310 e. The van der Waals surface area contributed by atoms with Crippen molar-refractivity contribution >= 4 is 38.6 Å². The molecule has 0 heterocycles. The van der Waals surface area contributed by atoms with E-state index in [0.29, 0.717) is 11.8 Å². The van der Waals surface area contributed by atoms with Gasteiger partial charge in [-0.05, 0) is 165 Å². The predicted molar refractivity (Wildman–Crippen MR) is 238 cm³/mol. The third-order valence-corrected chi connectivity index (χ3v) is 16.9. The van der Waals surface area contributed by atoms with Crippen molar-refractivity contribution in [2.75, 3.05) is 4.90 Å². The first kappa shape index (κ1) is 32.9. The van der Waals surface area contributed by atoms with E-state index in [9.17, 15) is 0 Å². The topological polar surface area (TPSA) is 3.24 Å². The molecule has 0 amide bonds. The molecule has 57 heavy (non-hydrogen) atoms. The number of fused-ring (bicyclic) bond motifs is 14. The molecule has 4 bridgehead atoms. The molecule has 4 saturated carbocycles. The number of anilines is 3. The van der Waals surface area contributed by atoms with Gasteiger partial charge in [-0.15, -0.1) is 0 Å². The summed E-state index contributed by atoms with van der Waals surface area (Å²) in [5.74, 6) is 3.82. The average Bonchev–Trinajstić information content (AvgIpc) is 4.01. The summed E-state index contributed by atoms with van der Waals surface area (Å²) in [5, 5.41) is 5.25. The Morgan fingerprint density at radius 2 is 1.23 bits per heavy atom. The first-order valence-electron chi connectivity index (χ1n) is 22.4. The highest BCUT2D eigenvalue weighted by molar-refractivity contribution is 6.09. The van der Waals surface area contributed by atoms with Crippen LogP contribution in [0.5, 0.6) is 0 Å². The molecule has 1 nitrogen and oxygen atoms in total. The van der Waals surface area contributed by atoms with Crippen molar-refractivity contribution in [1.29, 1.82) is 0 Å². The smallest absolute Gasteiger partial charge is 0.0543 e. The second-order valence-corrected chi connectivity index (χ2v) is 19.0. The highest BCUT2D eigenvalue weighted by Gasteiger charge is 2.59. The highest BCUT2D eigenvalue weighted by Crippen LogP contribution is 2.68. The Bertz CT molecular complexity index is 2780. The summed E-state index contributed by atoms with van der Waals surface area (Å²) < 4.78 is 0. The van der Waals surface area contributed by atoms with Crippen LogP contribution in [-0.2, 0) is 10.8 Å². The molecule has 7 aromatic carbocycles. The zero-order valence-electron chi connectivity index (χ0n) is 33.2. The Kier molecular flexibility index (Phi) is 6.90. The van der Waals surface area contributed by atoms with Gasteiger partial charge in [0.05, 0.1) is 5.69 Å². The molecular formula is C56H51N. The first-order valence-corrected chi connectivity index (χ1v) is 22.4. The zero-order chi connectivity index (χ0) is 37.5. The minimum Gasteiger partial charge on any atom is -0.310 e. The Balaban J connectivity index is 1.07. The van der Waals surface area contributed by atoms with Crippen LogP contribution in [0.4, 0.5) is 17.1 Å². The zero-order valence-corrected chi connectivity index (χ0v) is 33.2. The standard InChI is InChI=1S/C56H51N/c1-2-35-29-40-12-9-13-41(30-35)56(40)50-18-8-6-16-48(50)54-51(56)19-10-20-53(54)57(42-25-27-45-38(32-42)23-22-37-11-3-4-14-44(37)45)43-26-28-47-46-15-5-7-17-49(46)55(52(47)33-43)34-36-21-24-39(55)31-36/h3-8,10-11,14-20,22-23,25-28,32-33,35-36,39-41H,2,9,12-13,21,24,29-31,34H2,1H3. The van der Waals surface area contributed by atoms with Gasteiger partial charge in [0.2, 0.25) is 0 Å². The number of hydrogen-bond acceptors (Lipinski definition) is 1. The van der Waals surface area contributed by atoms with Crippen molar-refractivity contribution in [3.8, 4) is 22.3 Å². The molecule has 0 aliphatic heterocycles. The van der Waals surface area contributed by atoms with Gasteiger partial charge in [0.1, 0.15) is 0 Å². The van der Waals surface area contributed by atoms with Crippen LogP contribution < -0.4 is 4.90 Å². The lowest BCUT2D eigenvalue weighted by atomic mass is 9.49. The van der Waals surface area contributed by atoms with Crippen LogP contribution in [0.25, 0.3) is 43.8 Å². The molecule has 0 saturated heterocycles. The molecule has 5 unspecified atom stereocenters. The minimum atomic E-state index is 0.104. The monoisotopic (exact) mass is 737 g/mol. The molecule has 6 aliphatic rings. The van der Waals surface area contributed by atoms with E-state index in [1.165, 1.54) is 125 Å². The summed E-state index contributed by atoms with van der Waals surface area (Å²) in [6.45, 7) is 2.44. The lowest BCUT2D eigenvalue weighted by molar-refractivity contribution is 0.0492. The van der Waals surface area contributed by atoms with Gasteiger partial charge in [-0.3, -0.25) is 0 Å². The van der Waals surface area contributed by atoms with E-state index in [1.807, 2.05) is 0 Å². The SMILES string of the molecule is CCC1CC2CCCC(C1)C21c2ccccc2-c2c(N(c3ccc4c(c3)C3(CC5CCC3C5)c3ccccc3-4)c3ccc4c(ccc5ccccc54)c3)cccc21. The van der Waals surface area contributed by atoms with Crippen molar-refractivity contribution in [1.82, 2.24) is 0 Å². The summed E-state index contributed by atoms with van der Waals surface area (Å²) in [7, 11) is 0. The molecule has 13 rings (SSSR count). The maximum atomic E-state index is 2.68. The summed E-state index contributed by atoms with van der Waals surface area (Å²) in [6, 6.07) is 55.0. The minimum absolute atomic E-state index is 0.104. The van der Waals surface area contributed by atoms with Crippen molar-refractivity contribution in [2.24, 2.45) is 29.6 Å². The van der Waals surface area contributed by atoms with Gasteiger partial charge in [0.15, 0.2) is 0 Å².